The summed E-state index contributed by atoms with van der Waals surface area (Å²) in [5, 5.41) is 0. The van der Waals surface area contributed by atoms with Crippen LogP contribution in [0.25, 0.3) is 0 Å². The van der Waals surface area contributed by atoms with Crippen LogP contribution >= 0.6 is 0 Å². The van der Waals surface area contributed by atoms with Crippen molar-refractivity contribution in [2.24, 2.45) is 23.6 Å². The summed E-state index contributed by atoms with van der Waals surface area (Å²) in [5.41, 5.74) is 3.05. The van der Waals surface area contributed by atoms with Gasteiger partial charge in [-0.05, 0) is 43.9 Å². The van der Waals surface area contributed by atoms with Crippen LogP contribution in [0.3, 0.4) is 0 Å². The minimum Gasteiger partial charge on any atom is -0.377 e. The fourth-order valence-electron chi connectivity index (χ4n) is 3.33. The van der Waals surface area contributed by atoms with E-state index in [2.05, 4.69) is 33.1 Å². The zero-order valence-corrected chi connectivity index (χ0v) is 12.6. The average Bonchev–Trinajstić information content (AvgIpc) is 2.35. The van der Waals surface area contributed by atoms with Crippen LogP contribution in [0.2, 0.25) is 0 Å². The average molecular weight is 256 g/mol. The lowest BCUT2D eigenvalue weighted by Gasteiger charge is -2.39. The molecule has 0 aromatic rings. The Morgan fingerprint density at radius 3 is 2.44 bits per heavy atom. The minimum absolute atomic E-state index is 0.274. The first kappa shape index (κ1) is 15.9. The molecule has 18 heavy (non-hydrogen) atoms. The Balaban J connectivity index is 2.62. The highest BCUT2D eigenvalue weighted by atomic mass is 16.5. The van der Waals surface area contributed by atoms with E-state index in [0.717, 1.165) is 31.3 Å². The van der Waals surface area contributed by atoms with Gasteiger partial charge in [-0.15, -0.1) is 0 Å². The molecule has 3 nitrogen and oxygen atoms in total. The van der Waals surface area contributed by atoms with E-state index < -0.39 is 0 Å². The number of ether oxygens (including phenoxy) is 1. The third-order valence-electron chi connectivity index (χ3n) is 4.69. The van der Waals surface area contributed by atoms with Gasteiger partial charge in [0.25, 0.3) is 0 Å². The molecule has 1 aliphatic carbocycles. The highest BCUT2D eigenvalue weighted by Gasteiger charge is 2.33. The van der Waals surface area contributed by atoms with E-state index in [4.69, 9.17) is 10.6 Å². The molecule has 0 aliphatic heterocycles. The van der Waals surface area contributed by atoms with Gasteiger partial charge in [0.1, 0.15) is 0 Å². The Kier molecular flexibility index (Phi) is 7.20. The van der Waals surface area contributed by atoms with Crippen molar-refractivity contribution in [3.63, 3.8) is 0 Å². The van der Waals surface area contributed by atoms with Crippen molar-refractivity contribution >= 4 is 0 Å². The van der Waals surface area contributed by atoms with E-state index in [0.29, 0.717) is 12.0 Å². The van der Waals surface area contributed by atoms with Gasteiger partial charge in [-0.3, -0.25) is 11.3 Å². The highest BCUT2D eigenvalue weighted by Crippen LogP contribution is 2.36. The standard InChI is InChI=1S/C15H32N2O/c1-5-7-14(18-6-2)15(17-16)13-9-8-11(3)12(4)10-13/h11-15,17H,5-10,16H2,1-4H3. The third-order valence-corrected chi connectivity index (χ3v) is 4.69. The second-order valence-corrected chi connectivity index (χ2v) is 6.00. The molecule has 3 N–H and O–H groups in total. The van der Waals surface area contributed by atoms with E-state index in [9.17, 15) is 0 Å². The SMILES string of the molecule is CCCC(OCC)C(NN)C1CCC(C)C(C)C1. The summed E-state index contributed by atoms with van der Waals surface area (Å²) in [6.07, 6.45) is 6.42. The molecule has 0 saturated heterocycles. The molecular weight excluding hydrogens is 224 g/mol. The van der Waals surface area contributed by atoms with Gasteiger partial charge in [0.15, 0.2) is 0 Å². The molecule has 5 atom stereocenters. The van der Waals surface area contributed by atoms with Gasteiger partial charge in [0.2, 0.25) is 0 Å². The summed E-state index contributed by atoms with van der Waals surface area (Å²) in [6.45, 7) is 9.81. The molecule has 108 valence electrons. The normalized spacial score (nSPS) is 32.2. The van der Waals surface area contributed by atoms with Crippen molar-refractivity contribution in [1.29, 1.82) is 0 Å². The molecule has 1 aliphatic rings. The predicted molar refractivity (Wildman–Crippen MR) is 77.1 cm³/mol. The molecule has 1 saturated carbocycles. The molecular formula is C15H32N2O. The molecule has 0 bridgehead atoms. The van der Waals surface area contributed by atoms with Gasteiger partial charge in [-0.1, -0.05) is 33.6 Å². The first-order chi connectivity index (χ1) is 8.63. The lowest BCUT2D eigenvalue weighted by atomic mass is 9.72. The molecule has 0 spiro atoms. The van der Waals surface area contributed by atoms with Crippen LogP contribution in [0.4, 0.5) is 0 Å². The van der Waals surface area contributed by atoms with Crippen molar-refractivity contribution in [2.45, 2.75) is 71.9 Å². The van der Waals surface area contributed by atoms with Crippen LogP contribution in [0.1, 0.15) is 59.8 Å². The van der Waals surface area contributed by atoms with Crippen molar-refractivity contribution in [2.75, 3.05) is 6.61 Å². The third kappa shape index (κ3) is 4.22. The number of hydrogen-bond donors (Lipinski definition) is 2. The van der Waals surface area contributed by atoms with Gasteiger partial charge in [-0.25, -0.2) is 0 Å². The number of rotatable bonds is 7. The largest absolute Gasteiger partial charge is 0.377 e. The van der Waals surface area contributed by atoms with Crippen LogP contribution in [-0.4, -0.2) is 18.8 Å². The molecule has 0 heterocycles. The second kappa shape index (κ2) is 8.13. The fraction of sp³-hybridized carbons (Fsp3) is 1.00. The van der Waals surface area contributed by atoms with Crippen molar-refractivity contribution in [3.05, 3.63) is 0 Å². The summed E-state index contributed by atoms with van der Waals surface area (Å²) in [5.74, 6) is 8.15. The lowest BCUT2D eigenvalue weighted by Crippen LogP contribution is -2.51. The smallest absolute Gasteiger partial charge is 0.0743 e. The van der Waals surface area contributed by atoms with Crippen LogP contribution in [0.5, 0.6) is 0 Å². The Morgan fingerprint density at radius 2 is 1.94 bits per heavy atom. The summed E-state index contributed by atoms with van der Waals surface area (Å²) >= 11 is 0. The quantitative estimate of drug-likeness (QED) is 0.543. The maximum Gasteiger partial charge on any atom is 0.0743 e. The van der Waals surface area contributed by atoms with Crippen molar-refractivity contribution in [3.8, 4) is 0 Å². The molecule has 5 unspecified atom stereocenters. The molecule has 0 radical (unpaired) electrons. The Labute approximate surface area is 113 Å². The lowest BCUT2D eigenvalue weighted by molar-refractivity contribution is -0.00108. The van der Waals surface area contributed by atoms with Crippen LogP contribution in [0.15, 0.2) is 0 Å². The summed E-state index contributed by atoms with van der Waals surface area (Å²) < 4.78 is 5.91. The van der Waals surface area contributed by atoms with Crippen molar-refractivity contribution in [1.82, 2.24) is 5.43 Å². The first-order valence-corrected chi connectivity index (χ1v) is 7.71. The molecule has 0 aromatic carbocycles. The zero-order valence-electron chi connectivity index (χ0n) is 12.6. The van der Waals surface area contributed by atoms with Crippen molar-refractivity contribution < 1.29 is 4.74 Å². The summed E-state index contributed by atoms with van der Waals surface area (Å²) in [7, 11) is 0. The van der Waals surface area contributed by atoms with E-state index >= 15 is 0 Å². The van der Waals surface area contributed by atoms with E-state index in [1.54, 1.807) is 0 Å². The number of hydrazine groups is 1. The number of hydrogen-bond acceptors (Lipinski definition) is 3. The molecule has 1 rings (SSSR count). The first-order valence-electron chi connectivity index (χ1n) is 7.71. The second-order valence-electron chi connectivity index (χ2n) is 6.00. The van der Waals surface area contributed by atoms with E-state index in [1.165, 1.54) is 19.3 Å². The zero-order chi connectivity index (χ0) is 13.5. The number of nitrogens with two attached hydrogens (primary N) is 1. The number of nitrogens with one attached hydrogen (secondary N) is 1. The maximum absolute atomic E-state index is 5.91. The van der Waals surface area contributed by atoms with Crippen LogP contribution in [0, 0.1) is 17.8 Å². The summed E-state index contributed by atoms with van der Waals surface area (Å²) in [4.78, 5) is 0. The molecule has 0 amide bonds. The van der Waals surface area contributed by atoms with Gasteiger partial charge in [-0.2, -0.15) is 0 Å². The predicted octanol–water partition coefficient (Wildman–Crippen LogP) is 3.10. The maximum atomic E-state index is 5.91. The minimum atomic E-state index is 0.274. The van der Waals surface area contributed by atoms with Gasteiger partial charge in [0, 0.05) is 6.61 Å². The molecule has 0 aromatic heterocycles. The topological polar surface area (TPSA) is 47.3 Å². The van der Waals surface area contributed by atoms with E-state index in [-0.39, 0.29) is 6.10 Å². The molecule has 1 fully saturated rings. The Morgan fingerprint density at radius 1 is 1.22 bits per heavy atom. The van der Waals surface area contributed by atoms with Crippen LogP contribution < -0.4 is 11.3 Å². The Hall–Kier alpha value is -0.120. The van der Waals surface area contributed by atoms with Gasteiger partial charge in [0.05, 0.1) is 12.1 Å². The monoisotopic (exact) mass is 256 g/mol. The van der Waals surface area contributed by atoms with E-state index in [1.807, 2.05) is 0 Å². The fourth-order valence-corrected chi connectivity index (χ4v) is 3.33. The van der Waals surface area contributed by atoms with Gasteiger partial charge < -0.3 is 4.74 Å². The Bertz CT molecular complexity index is 217. The molecule has 3 heteroatoms. The van der Waals surface area contributed by atoms with Crippen LogP contribution in [-0.2, 0) is 4.74 Å². The van der Waals surface area contributed by atoms with Gasteiger partial charge >= 0.3 is 0 Å². The summed E-state index contributed by atoms with van der Waals surface area (Å²) in [6, 6.07) is 0.319. The highest BCUT2D eigenvalue weighted by molar-refractivity contribution is 4.87.